The monoisotopic (exact) mass is 355 g/mol. The van der Waals surface area contributed by atoms with Crippen LogP contribution in [0.2, 0.25) is 0 Å². The van der Waals surface area contributed by atoms with Crippen LogP contribution in [0.5, 0.6) is 0 Å². The minimum absolute atomic E-state index is 0.324. The van der Waals surface area contributed by atoms with Gasteiger partial charge < -0.3 is 4.74 Å². The Morgan fingerprint density at radius 1 is 1.21 bits per heavy atom. The maximum atomic E-state index is 11.6. The number of rotatable bonds is 4. The van der Waals surface area contributed by atoms with E-state index in [0.717, 1.165) is 21.2 Å². The summed E-state index contributed by atoms with van der Waals surface area (Å²) in [7, 11) is 1.39. The third-order valence-electron chi connectivity index (χ3n) is 3.63. The molecular weight excluding hydrogens is 342 g/mol. The predicted octanol–water partition coefficient (Wildman–Crippen LogP) is 4.02. The van der Waals surface area contributed by atoms with Crippen LogP contribution < -0.4 is 0 Å². The van der Waals surface area contributed by atoms with Crippen LogP contribution in [0.3, 0.4) is 0 Å². The predicted molar refractivity (Wildman–Crippen MR) is 95.7 cm³/mol. The lowest BCUT2D eigenvalue weighted by molar-refractivity contribution is 0.0600. The first-order valence-electron chi connectivity index (χ1n) is 7.29. The van der Waals surface area contributed by atoms with E-state index >= 15 is 0 Å². The van der Waals surface area contributed by atoms with Crippen LogP contribution in [0.15, 0.2) is 53.7 Å². The van der Waals surface area contributed by atoms with E-state index in [1.165, 1.54) is 11.8 Å². The van der Waals surface area contributed by atoms with E-state index in [9.17, 15) is 4.79 Å². The Hall–Kier alpha value is -2.38. The van der Waals surface area contributed by atoms with Crippen LogP contribution in [0, 0.1) is 0 Å². The maximum absolute atomic E-state index is 11.6. The number of benzene rings is 2. The summed E-state index contributed by atoms with van der Waals surface area (Å²) in [5.41, 5.74) is 2.72. The fourth-order valence-electron chi connectivity index (χ4n) is 2.50. The Bertz CT molecular complexity index is 1040. The van der Waals surface area contributed by atoms with Crippen LogP contribution in [-0.4, -0.2) is 27.7 Å². The molecule has 4 aromatic rings. The molecule has 0 aliphatic rings. The quantitative estimate of drug-likeness (QED) is 0.409. The first kappa shape index (κ1) is 15.2. The highest BCUT2D eigenvalue weighted by molar-refractivity contribution is 7.98. The van der Waals surface area contributed by atoms with Gasteiger partial charge in [-0.3, -0.25) is 4.40 Å². The summed E-state index contributed by atoms with van der Waals surface area (Å²) in [6, 6.07) is 15.7. The highest BCUT2D eigenvalue weighted by Gasteiger charge is 2.13. The summed E-state index contributed by atoms with van der Waals surface area (Å²) in [5.74, 6) is 0.381. The van der Waals surface area contributed by atoms with Gasteiger partial charge in [-0.1, -0.05) is 47.4 Å². The average Bonchev–Trinajstić information content (AvgIpc) is 3.18. The van der Waals surface area contributed by atoms with Crippen molar-refractivity contribution in [3.8, 4) is 0 Å². The third-order valence-corrected chi connectivity index (χ3v) is 5.64. The van der Waals surface area contributed by atoms with E-state index in [4.69, 9.17) is 4.74 Å². The van der Waals surface area contributed by atoms with Crippen LogP contribution in [0.25, 0.3) is 15.2 Å². The number of carbonyl (C=O) groups is 1. The van der Waals surface area contributed by atoms with Gasteiger partial charge in [0.2, 0.25) is 4.96 Å². The third kappa shape index (κ3) is 2.65. The summed E-state index contributed by atoms with van der Waals surface area (Å²) in [6.45, 7) is 0. The number of hydrogen-bond donors (Lipinski definition) is 0. The van der Waals surface area contributed by atoms with E-state index < -0.39 is 0 Å². The molecule has 2 heterocycles. The average molecular weight is 355 g/mol. The number of methoxy groups -OCH3 is 1. The number of hydrogen-bond acceptors (Lipinski definition) is 6. The van der Waals surface area contributed by atoms with E-state index in [-0.39, 0.29) is 5.97 Å². The molecule has 0 radical (unpaired) electrons. The van der Waals surface area contributed by atoms with Crippen molar-refractivity contribution in [2.24, 2.45) is 0 Å². The zero-order chi connectivity index (χ0) is 16.5. The molecule has 0 saturated heterocycles. The van der Waals surface area contributed by atoms with E-state index in [1.54, 1.807) is 29.2 Å². The van der Waals surface area contributed by atoms with Crippen molar-refractivity contribution >= 4 is 44.2 Å². The van der Waals surface area contributed by atoms with Crippen molar-refractivity contribution < 1.29 is 9.53 Å². The van der Waals surface area contributed by atoms with Crippen molar-refractivity contribution in [1.29, 1.82) is 0 Å². The molecular formula is C17H13N3O2S2. The zero-order valence-corrected chi connectivity index (χ0v) is 14.4. The fourth-order valence-corrected chi connectivity index (χ4v) is 4.41. The highest BCUT2D eigenvalue weighted by atomic mass is 32.2. The molecule has 0 saturated carbocycles. The highest BCUT2D eigenvalue weighted by Crippen LogP contribution is 2.30. The van der Waals surface area contributed by atoms with Gasteiger partial charge in [-0.25, -0.2) is 4.79 Å². The van der Waals surface area contributed by atoms with E-state index in [1.807, 2.05) is 30.3 Å². The van der Waals surface area contributed by atoms with Crippen molar-refractivity contribution in [3.05, 3.63) is 59.7 Å². The molecule has 0 aliphatic heterocycles. The smallest absolute Gasteiger partial charge is 0.337 e. The lowest BCUT2D eigenvalue weighted by Crippen LogP contribution is -2.01. The molecule has 0 atom stereocenters. The van der Waals surface area contributed by atoms with Crippen LogP contribution >= 0.6 is 23.1 Å². The molecule has 0 N–H and O–H groups in total. The van der Waals surface area contributed by atoms with Crippen molar-refractivity contribution in [2.75, 3.05) is 7.11 Å². The number of para-hydroxylation sites is 1. The standard InChI is InChI=1S/C17H13N3O2S2/c1-22-15(21)12-6-4-5-11(9-12)10-23-16-18-19-17-20(16)13-7-2-3-8-14(13)24-17/h2-9H,10H2,1H3. The van der Waals surface area contributed by atoms with Gasteiger partial charge in [0.25, 0.3) is 0 Å². The number of thiazole rings is 1. The number of fused-ring (bicyclic) bond motifs is 3. The number of aromatic nitrogens is 3. The molecule has 0 amide bonds. The Morgan fingerprint density at radius 2 is 2.08 bits per heavy atom. The van der Waals surface area contributed by atoms with Gasteiger partial charge in [-0.05, 0) is 29.8 Å². The molecule has 24 heavy (non-hydrogen) atoms. The summed E-state index contributed by atoms with van der Waals surface area (Å²) in [6.07, 6.45) is 0. The van der Waals surface area contributed by atoms with E-state index in [2.05, 4.69) is 26.7 Å². The van der Waals surface area contributed by atoms with Gasteiger partial charge in [0.1, 0.15) is 0 Å². The van der Waals surface area contributed by atoms with E-state index in [0.29, 0.717) is 11.3 Å². The molecule has 0 aliphatic carbocycles. The number of nitrogens with zero attached hydrogens (tertiary/aromatic N) is 3. The lowest BCUT2D eigenvalue weighted by Gasteiger charge is -2.03. The van der Waals surface area contributed by atoms with Gasteiger partial charge in [-0.15, -0.1) is 10.2 Å². The topological polar surface area (TPSA) is 56.5 Å². The molecule has 0 unspecified atom stereocenters. The first-order valence-corrected chi connectivity index (χ1v) is 9.09. The second kappa shape index (κ2) is 6.26. The Balaban J connectivity index is 1.62. The van der Waals surface area contributed by atoms with Crippen LogP contribution in [-0.2, 0) is 10.5 Å². The molecule has 0 fully saturated rings. The van der Waals surface area contributed by atoms with Crippen molar-refractivity contribution in [3.63, 3.8) is 0 Å². The summed E-state index contributed by atoms with van der Waals surface area (Å²) in [4.78, 5) is 12.5. The number of carbonyl (C=O) groups excluding carboxylic acids is 1. The fraction of sp³-hybridized carbons (Fsp3) is 0.118. The van der Waals surface area contributed by atoms with Gasteiger partial charge in [-0.2, -0.15) is 0 Å². The van der Waals surface area contributed by atoms with Gasteiger partial charge in [0.05, 0.1) is 22.9 Å². The summed E-state index contributed by atoms with van der Waals surface area (Å²) in [5, 5.41) is 9.41. The number of ether oxygens (including phenoxy) is 1. The SMILES string of the molecule is COC(=O)c1cccc(CSc2nnc3sc4ccccc4n23)c1. The van der Waals surface area contributed by atoms with Gasteiger partial charge >= 0.3 is 5.97 Å². The van der Waals surface area contributed by atoms with Gasteiger partial charge in [0.15, 0.2) is 5.16 Å². The lowest BCUT2D eigenvalue weighted by atomic mass is 10.1. The first-order chi connectivity index (χ1) is 11.8. The molecule has 7 heteroatoms. The molecule has 2 aromatic heterocycles. The Kier molecular flexibility index (Phi) is 3.95. The molecule has 0 spiro atoms. The van der Waals surface area contributed by atoms with Gasteiger partial charge in [0, 0.05) is 5.75 Å². The zero-order valence-electron chi connectivity index (χ0n) is 12.8. The molecule has 2 aromatic carbocycles. The second-order valence-corrected chi connectivity index (χ2v) is 7.10. The van der Waals surface area contributed by atoms with Crippen LogP contribution in [0.1, 0.15) is 15.9 Å². The number of thioether (sulfide) groups is 1. The Morgan fingerprint density at radius 3 is 2.96 bits per heavy atom. The molecule has 0 bridgehead atoms. The largest absolute Gasteiger partial charge is 0.465 e. The maximum Gasteiger partial charge on any atom is 0.337 e. The summed E-state index contributed by atoms with van der Waals surface area (Å²) >= 11 is 3.23. The minimum Gasteiger partial charge on any atom is -0.465 e. The van der Waals surface area contributed by atoms with Crippen LogP contribution in [0.4, 0.5) is 0 Å². The number of esters is 1. The summed E-state index contributed by atoms with van der Waals surface area (Å²) < 4.78 is 8.04. The molecule has 120 valence electrons. The van der Waals surface area contributed by atoms with Crippen molar-refractivity contribution in [1.82, 2.24) is 14.6 Å². The minimum atomic E-state index is -0.324. The molecule has 5 nitrogen and oxygen atoms in total. The Labute approximate surface area is 146 Å². The normalized spacial score (nSPS) is 11.2. The second-order valence-electron chi connectivity index (χ2n) is 5.15. The molecule has 4 rings (SSSR count). The van der Waals surface area contributed by atoms with Crippen molar-refractivity contribution in [2.45, 2.75) is 10.9 Å².